The third-order valence-electron chi connectivity index (χ3n) is 2.41. The predicted octanol–water partition coefficient (Wildman–Crippen LogP) is 4.42. The number of rotatable bonds is 3. The van der Waals surface area contributed by atoms with Crippen molar-refractivity contribution in [2.24, 2.45) is 0 Å². The van der Waals surface area contributed by atoms with Crippen molar-refractivity contribution in [2.45, 2.75) is 6.54 Å². The van der Waals surface area contributed by atoms with E-state index in [1.165, 1.54) is 0 Å². The number of anilines is 1. The van der Waals surface area contributed by atoms with Crippen LogP contribution in [-0.2, 0) is 6.54 Å². The lowest BCUT2D eigenvalue weighted by molar-refractivity contribution is 0.469. The summed E-state index contributed by atoms with van der Waals surface area (Å²) in [5, 5.41) is 13.5. The van der Waals surface area contributed by atoms with E-state index in [0.717, 1.165) is 15.7 Å². The number of halogens is 2. The molecule has 0 saturated carbocycles. The van der Waals surface area contributed by atoms with Gasteiger partial charge in [-0.1, -0.05) is 35.9 Å². The largest absolute Gasteiger partial charge is 0.508 e. The van der Waals surface area contributed by atoms with Gasteiger partial charge in [-0.25, -0.2) is 0 Å². The van der Waals surface area contributed by atoms with Gasteiger partial charge in [0.1, 0.15) is 5.75 Å². The van der Waals surface area contributed by atoms with Gasteiger partial charge in [-0.3, -0.25) is 0 Å². The van der Waals surface area contributed by atoms with Crippen molar-refractivity contribution < 1.29 is 5.11 Å². The molecular weight excluding hydrogens is 302 g/mol. The minimum Gasteiger partial charge on any atom is -0.508 e. The molecule has 2 N–H and O–H groups in total. The average Bonchev–Trinajstić information content (AvgIpc) is 2.33. The number of phenolic OH excluding ortho intramolecular Hbond substituents is 1. The van der Waals surface area contributed by atoms with Crippen molar-refractivity contribution >= 4 is 33.2 Å². The Balaban J connectivity index is 2.13. The van der Waals surface area contributed by atoms with Gasteiger partial charge in [0, 0.05) is 12.1 Å². The van der Waals surface area contributed by atoms with E-state index in [1.807, 2.05) is 30.3 Å². The molecule has 0 fully saturated rings. The highest BCUT2D eigenvalue weighted by atomic mass is 79.9. The number of para-hydroxylation sites is 1. The van der Waals surface area contributed by atoms with Crippen LogP contribution in [0.5, 0.6) is 5.75 Å². The molecule has 88 valence electrons. The molecule has 2 nitrogen and oxygen atoms in total. The molecule has 0 spiro atoms. The van der Waals surface area contributed by atoms with E-state index in [2.05, 4.69) is 21.2 Å². The maximum absolute atomic E-state index is 9.63. The van der Waals surface area contributed by atoms with Crippen LogP contribution in [0.3, 0.4) is 0 Å². The van der Waals surface area contributed by atoms with Crippen LogP contribution in [0.2, 0.25) is 5.02 Å². The first kappa shape index (κ1) is 12.3. The average molecular weight is 313 g/mol. The van der Waals surface area contributed by atoms with Gasteiger partial charge in [-0.2, -0.15) is 0 Å². The molecule has 2 aromatic carbocycles. The Kier molecular flexibility index (Phi) is 3.92. The van der Waals surface area contributed by atoms with Gasteiger partial charge in [-0.05, 0) is 34.1 Å². The molecule has 2 aromatic rings. The molecule has 0 amide bonds. The highest BCUT2D eigenvalue weighted by molar-refractivity contribution is 9.10. The molecule has 4 heteroatoms. The van der Waals surface area contributed by atoms with E-state index in [-0.39, 0.29) is 5.75 Å². The number of nitrogens with one attached hydrogen (secondary N) is 1. The second kappa shape index (κ2) is 5.43. The van der Waals surface area contributed by atoms with E-state index in [1.54, 1.807) is 12.1 Å². The van der Waals surface area contributed by atoms with Crippen molar-refractivity contribution in [3.8, 4) is 5.75 Å². The molecule has 2 rings (SSSR count). The van der Waals surface area contributed by atoms with Crippen LogP contribution in [0.25, 0.3) is 0 Å². The van der Waals surface area contributed by atoms with Crippen molar-refractivity contribution in [2.75, 3.05) is 5.32 Å². The van der Waals surface area contributed by atoms with Crippen molar-refractivity contribution in [1.82, 2.24) is 0 Å². The van der Waals surface area contributed by atoms with Gasteiger partial charge in [0.2, 0.25) is 0 Å². The Morgan fingerprint density at radius 2 is 1.88 bits per heavy atom. The minimum atomic E-state index is 0.290. The summed E-state index contributed by atoms with van der Waals surface area (Å²) >= 11 is 9.41. The summed E-state index contributed by atoms with van der Waals surface area (Å²) in [6.07, 6.45) is 0. The first-order valence-corrected chi connectivity index (χ1v) is 6.30. The summed E-state index contributed by atoms with van der Waals surface area (Å²) in [6, 6.07) is 12.9. The van der Waals surface area contributed by atoms with Gasteiger partial charge in [0.05, 0.1) is 15.2 Å². The topological polar surface area (TPSA) is 32.3 Å². The van der Waals surface area contributed by atoms with Crippen molar-refractivity contribution in [1.29, 1.82) is 0 Å². The Labute approximate surface area is 113 Å². The monoisotopic (exact) mass is 311 g/mol. The molecule has 0 bridgehead atoms. The normalized spacial score (nSPS) is 10.2. The molecule has 0 saturated heterocycles. The molecule has 0 radical (unpaired) electrons. The van der Waals surface area contributed by atoms with Gasteiger partial charge < -0.3 is 10.4 Å². The maximum Gasteiger partial charge on any atom is 0.120 e. The highest BCUT2D eigenvalue weighted by Gasteiger charge is 2.04. The highest BCUT2D eigenvalue weighted by Crippen LogP contribution is 2.30. The predicted molar refractivity (Wildman–Crippen MR) is 74.6 cm³/mol. The Morgan fingerprint density at radius 1 is 1.12 bits per heavy atom. The van der Waals surface area contributed by atoms with Crippen LogP contribution in [-0.4, -0.2) is 5.11 Å². The van der Waals surface area contributed by atoms with Crippen LogP contribution in [0.15, 0.2) is 46.9 Å². The van der Waals surface area contributed by atoms with Crippen LogP contribution in [0.4, 0.5) is 5.69 Å². The summed E-state index contributed by atoms with van der Waals surface area (Å²) in [5.74, 6) is 0.290. The lowest BCUT2D eigenvalue weighted by Gasteiger charge is -2.10. The SMILES string of the molecule is Oc1ccccc1CNc1cccc(Cl)c1Br. The van der Waals surface area contributed by atoms with Crippen LogP contribution >= 0.6 is 27.5 Å². The summed E-state index contributed by atoms with van der Waals surface area (Å²) in [6.45, 7) is 0.547. The fourth-order valence-electron chi connectivity index (χ4n) is 1.49. The fraction of sp³-hybridized carbons (Fsp3) is 0.0769. The molecule has 17 heavy (non-hydrogen) atoms. The first-order chi connectivity index (χ1) is 8.18. The standard InChI is InChI=1S/C13H11BrClNO/c14-13-10(15)5-3-6-11(13)16-8-9-4-1-2-7-12(9)17/h1-7,16-17H,8H2. The molecule has 0 aliphatic rings. The molecule has 0 atom stereocenters. The van der Waals surface area contributed by atoms with E-state index in [9.17, 15) is 5.11 Å². The van der Waals surface area contributed by atoms with Gasteiger partial charge in [0.25, 0.3) is 0 Å². The lowest BCUT2D eigenvalue weighted by Crippen LogP contribution is -2.00. The zero-order valence-corrected chi connectivity index (χ0v) is 11.3. The van der Waals surface area contributed by atoms with E-state index < -0.39 is 0 Å². The molecule has 0 aromatic heterocycles. The zero-order chi connectivity index (χ0) is 12.3. The number of aromatic hydroxyl groups is 1. The van der Waals surface area contributed by atoms with Gasteiger partial charge in [0.15, 0.2) is 0 Å². The molecule has 0 aliphatic carbocycles. The minimum absolute atomic E-state index is 0.290. The zero-order valence-electron chi connectivity index (χ0n) is 8.95. The number of hydrogen-bond donors (Lipinski definition) is 2. The van der Waals surface area contributed by atoms with Crippen LogP contribution in [0.1, 0.15) is 5.56 Å². The second-order valence-electron chi connectivity index (χ2n) is 3.58. The third-order valence-corrected chi connectivity index (χ3v) is 3.81. The summed E-state index contributed by atoms with van der Waals surface area (Å²) < 4.78 is 0.831. The number of phenols is 1. The van der Waals surface area contributed by atoms with E-state index in [4.69, 9.17) is 11.6 Å². The van der Waals surface area contributed by atoms with Gasteiger partial charge >= 0.3 is 0 Å². The molecule has 0 unspecified atom stereocenters. The summed E-state index contributed by atoms with van der Waals surface area (Å²) in [7, 11) is 0. The van der Waals surface area contributed by atoms with Crippen molar-refractivity contribution in [3.05, 3.63) is 57.5 Å². The summed E-state index contributed by atoms with van der Waals surface area (Å²) in [4.78, 5) is 0. The van der Waals surface area contributed by atoms with E-state index >= 15 is 0 Å². The van der Waals surface area contributed by atoms with Crippen molar-refractivity contribution in [3.63, 3.8) is 0 Å². The number of benzene rings is 2. The lowest BCUT2D eigenvalue weighted by atomic mass is 10.2. The first-order valence-electron chi connectivity index (χ1n) is 5.13. The number of hydrogen-bond acceptors (Lipinski definition) is 2. The molecule has 0 aliphatic heterocycles. The summed E-state index contributed by atoms with van der Waals surface area (Å²) in [5.41, 5.74) is 1.75. The van der Waals surface area contributed by atoms with Crippen LogP contribution in [0, 0.1) is 0 Å². The molecule has 0 heterocycles. The van der Waals surface area contributed by atoms with E-state index in [0.29, 0.717) is 11.6 Å². The second-order valence-corrected chi connectivity index (χ2v) is 4.78. The quantitative estimate of drug-likeness (QED) is 0.879. The van der Waals surface area contributed by atoms with Crippen LogP contribution < -0.4 is 5.32 Å². The molecular formula is C13H11BrClNO. The fourth-order valence-corrected chi connectivity index (χ4v) is 2.07. The smallest absolute Gasteiger partial charge is 0.120 e. The Hall–Kier alpha value is -1.19. The Morgan fingerprint density at radius 3 is 2.65 bits per heavy atom. The van der Waals surface area contributed by atoms with Gasteiger partial charge in [-0.15, -0.1) is 0 Å². The Bertz CT molecular complexity index is 531. The maximum atomic E-state index is 9.63. The third kappa shape index (κ3) is 2.93.